The molecule has 4 rings (SSSR count). The first-order valence-electron chi connectivity index (χ1n) is 9.76. The number of ketones is 1. The normalized spacial score (nSPS) is 19.9. The maximum Gasteiger partial charge on any atom is 0.295 e. The largest absolute Gasteiger partial charge is 0.507 e. The highest BCUT2D eigenvalue weighted by atomic mass is 16.7. The van der Waals surface area contributed by atoms with E-state index >= 15 is 0 Å². The molecule has 29 heavy (non-hydrogen) atoms. The van der Waals surface area contributed by atoms with Crippen LogP contribution in [0, 0.1) is 6.92 Å². The van der Waals surface area contributed by atoms with E-state index in [2.05, 4.69) is 6.92 Å². The SMILES string of the molecule is CCCCCN1C(=O)C(=O)/C(=C(\O)c2ccc3c(c2)OCO3)C1c1ccc(C)o1. The smallest absolute Gasteiger partial charge is 0.295 e. The van der Waals surface area contributed by atoms with Crippen molar-refractivity contribution >= 4 is 17.4 Å². The number of unbranched alkanes of at least 4 members (excludes halogenated alkanes) is 2. The van der Waals surface area contributed by atoms with Gasteiger partial charge in [-0.1, -0.05) is 19.8 Å². The van der Waals surface area contributed by atoms with Gasteiger partial charge in [0.25, 0.3) is 11.7 Å². The van der Waals surface area contributed by atoms with Gasteiger partial charge in [0.15, 0.2) is 11.5 Å². The molecule has 1 aromatic carbocycles. The molecule has 7 nitrogen and oxygen atoms in total. The summed E-state index contributed by atoms with van der Waals surface area (Å²) in [6.07, 6.45) is 2.70. The van der Waals surface area contributed by atoms with E-state index in [0.29, 0.717) is 35.1 Å². The Morgan fingerprint density at radius 3 is 2.66 bits per heavy atom. The number of carbonyl (C=O) groups is 2. The lowest BCUT2D eigenvalue weighted by atomic mass is 9.99. The van der Waals surface area contributed by atoms with Crippen molar-refractivity contribution < 1.29 is 28.6 Å². The van der Waals surface area contributed by atoms with Crippen molar-refractivity contribution in [1.82, 2.24) is 4.90 Å². The Hall–Kier alpha value is -3.22. The van der Waals surface area contributed by atoms with Crippen LogP contribution in [0.25, 0.3) is 5.76 Å². The number of aliphatic hydroxyl groups excluding tert-OH is 1. The number of furan rings is 1. The van der Waals surface area contributed by atoms with Gasteiger partial charge in [0.05, 0.1) is 5.57 Å². The van der Waals surface area contributed by atoms with Crippen LogP contribution in [0.1, 0.15) is 49.3 Å². The highest BCUT2D eigenvalue weighted by Gasteiger charge is 2.47. The Bertz CT molecular complexity index is 989. The zero-order chi connectivity index (χ0) is 20.5. The van der Waals surface area contributed by atoms with Gasteiger partial charge < -0.3 is 23.9 Å². The molecule has 1 saturated heterocycles. The Balaban J connectivity index is 1.79. The molecule has 0 bridgehead atoms. The quantitative estimate of drug-likeness (QED) is 0.344. The summed E-state index contributed by atoms with van der Waals surface area (Å²) >= 11 is 0. The fourth-order valence-electron chi connectivity index (χ4n) is 3.74. The first kappa shape index (κ1) is 19.1. The molecule has 0 aliphatic carbocycles. The fourth-order valence-corrected chi connectivity index (χ4v) is 3.74. The van der Waals surface area contributed by atoms with Gasteiger partial charge in [-0.05, 0) is 43.7 Å². The molecule has 1 amide bonds. The predicted molar refractivity (Wildman–Crippen MR) is 105 cm³/mol. The number of carbonyl (C=O) groups excluding carboxylic acids is 2. The summed E-state index contributed by atoms with van der Waals surface area (Å²) in [5, 5.41) is 11.0. The lowest BCUT2D eigenvalue weighted by molar-refractivity contribution is -0.140. The average molecular weight is 397 g/mol. The number of hydrogen-bond donors (Lipinski definition) is 1. The summed E-state index contributed by atoms with van der Waals surface area (Å²) in [5.41, 5.74) is 0.411. The second-order valence-corrected chi connectivity index (χ2v) is 7.22. The molecule has 2 aromatic rings. The molecule has 1 N–H and O–H groups in total. The number of hydrogen-bond acceptors (Lipinski definition) is 6. The van der Waals surface area contributed by atoms with E-state index in [1.807, 2.05) is 0 Å². The molecule has 3 heterocycles. The first-order valence-corrected chi connectivity index (χ1v) is 9.76. The average Bonchev–Trinajstić information content (AvgIpc) is 3.41. The predicted octanol–water partition coefficient (Wildman–Crippen LogP) is 3.93. The number of ether oxygens (including phenoxy) is 2. The molecule has 1 fully saturated rings. The van der Waals surface area contributed by atoms with Crippen LogP contribution in [0.5, 0.6) is 11.5 Å². The van der Waals surface area contributed by atoms with Crippen molar-refractivity contribution in [2.24, 2.45) is 0 Å². The van der Waals surface area contributed by atoms with Crippen LogP contribution in [0.4, 0.5) is 0 Å². The molecule has 152 valence electrons. The number of likely N-dealkylation sites (tertiary alicyclic amines) is 1. The number of aryl methyl sites for hydroxylation is 1. The van der Waals surface area contributed by atoms with Gasteiger partial charge in [0.2, 0.25) is 6.79 Å². The molecule has 1 atom stereocenters. The van der Waals surface area contributed by atoms with E-state index in [9.17, 15) is 14.7 Å². The molecule has 1 unspecified atom stereocenters. The van der Waals surface area contributed by atoms with Crippen LogP contribution in [0.2, 0.25) is 0 Å². The Kier molecular flexibility index (Phi) is 5.05. The van der Waals surface area contributed by atoms with E-state index in [0.717, 1.165) is 19.3 Å². The Labute approximate surface area is 168 Å². The molecule has 0 radical (unpaired) electrons. The molecule has 1 aromatic heterocycles. The minimum Gasteiger partial charge on any atom is -0.507 e. The van der Waals surface area contributed by atoms with Crippen LogP contribution < -0.4 is 9.47 Å². The number of Topliss-reactive ketones (excluding diaryl/α,β-unsaturated/α-hetero) is 1. The minimum absolute atomic E-state index is 0.0275. The Morgan fingerprint density at radius 2 is 1.93 bits per heavy atom. The third kappa shape index (κ3) is 3.37. The third-order valence-electron chi connectivity index (χ3n) is 5.22. The number of nitrogens with zero attached hydrogens (tertiary/aromatic N) is 1. The highest BCUT2D eigenvalue weighted by molar-refractivity contribution is 6.46. The Morgan fingerprint density at radius 1 is 1.14 bits per heavy atom. The van der Waals surface area contributed by atoms with Crippen LogP contribution in [0.15, 0.2) is 40.3 Å². The van der Waals surface area contributed by atoms with Crippen molar-refractivity contribution in [3.8, 4) is 11.5 Å². The van der Waals surface area contributed by atoms with E-state index in [1.165, 1.54) is 4.90 Å². The van der Waals surface area contributed by atoms with E-state index in [1.54, 1.807) is 37.3 Å². The van der Waals surface area contributed by atoms with Gasteiger partial charge in [-0.25, -0.2) is 0 Å². The monoisotopic (exact) mass is 397 g/mol. The topological polar surface area (TPSA) is 89.2 Å². The molecule has 0 spiro atoms. The lowest BCUT2D eigenvalue weighted by Gasteiger charge is -2.23. The van der Waals surface area contributed by atoms with E-state index in [-0.39, 0.29) is 18.1 Å². The van der Waals surface area contributed by atoms with Crippen molar-refractivity contribution in [3.63, 3.8) is 0 Å². The summed E-state index contributed by atoms with van der Waals surface area (Å²) < 4.78 is 16.4. The van der Waals surface area contributed by atoms with Gasteiger partial charge >= 0.3 is 0 Å². The van der Waals surface area contributed by atoms with Crippen LogP contribution in [-0.2, 0) is 9.59 Å². The van der Waals surface area contributed by atoms with Gasteiger partial charge in [-0.15, -0.1) is 0 Å². The van der Waals surface area contributed by atoms with Gasteiger partial charge in [0, 0.05) is 12.1 Å². The van der Waals surface area contributed by atoms with Crippen molar-refractivity contribution in [2.45, 2.75) is 39.2 Å². The molecular formula is C22H23NO6. The van der Waals surface area contributed by atoms with Crippen molar-refractivity contribution in [3.05, 3.63) is 53.0 Å². The minimum atomic E-state index is -0.758. The summed E-state index contributed by atoms with van der Waals surface area (Å²) in [6.45, 7) is 4.39. The first-order chi connectivity index (χ1) is 14.0. The fraction of sp³-hybridized carbons (Fsp3) is 0.364. The van der Waals surface area contributed by atoms with Gasteiger partial charge in [-0.3, -0.25) is 9.59 Å². The second kappa shape index (κ2) is 7.66. The summed E-state index contributed by atoms with van der Waals surface area (Å²) in [5.74, 6) is 0.593. The molecular weight excluding hydrogens is 374 g/mol. The third-order valence-corrected chi connectivity index (χ3v) is 5.22. The van der Waals surface area contributed by atoms with Crippen molar-refractivity contribution in [1.29, 1.82) is 0 Å². The summed E-state index contributed by atoms with van der Waals surface area (Å²) in [4.78, 5) is 27.1. The second-order valence-electron chi connectivity index (χ2n) is 7.22. The zero-order valence-electron chi connectivity index (χ0n) is 16.4. The number of benzene rings is 1. The molecule has 0 saturated carbocycles. The number of aliphatic hydroxyl groups is 1. The maximum atomic E-state index is 12.9. The standard InChI is InChI=1S/C22H23NO6/c1-3-4-5-10-23-19(16-8-6-13(2)29-16)18(21(25)22(23)26)20(24)14-7-9-15-17(11-14)28-12-27-15/h6-9,11,19,24H,3-5,10,12H2,1-2H3/b20-18-. The number of fused-ring (bicyclic) bond motifs is 1. The van der Waals surface area contributed by atoms with E-state index in [4.69, 9.17) is 13.9 Å². The molecule has 2 aliphatic rings. The van der Waals surface area contributed by atoms with Crippen LogP contribution >= 0.6 is 0 Å². The summed E-state index contributed by atoms with van der Waals surface area (Å²) in [6, 6.07) is 7.67. The highest BCUT2D eigenvalue weighted by Crippen LogP contribution is 2.41. The zero-order valence-corrected chi connectivity index (χ0v) is 16.4. The molecule has 7 heteroatoms. The van der Waals surface area contributed by atoms with Crippen LogP contribution in [0.3, 0.4) is 0 Å². The van der Waals surface area contributed by atoms with Gasteiger partial charge in [0.1, 0.15) is 23.3 Å². The lowest BCUT2D eigenvalue weighted by Crippen LogP contribution is -2.30. The maximum absolute atomic E-state index is 12.9. The summed E-state index contributed by atoms with van der Waals surface area (Å²) in [7, 11) is 0. The van der Waals surface area contributed by atoms with E-state index < -0.39 is 17.7 Å². The van der Waals surface area contributed by atoms with Gasteiger partial charge in [-0.2, -0.15) is 0 Å². The molecule has 2 aliphatic heterocycles. The van der Waals surface area contributed by atoms with Crippen LogP contribution in [-0.4, -0.2) is 35.0 Å². The number of amides is 1. The number of rotatable bonds is 6. The van der Waals surface area contributed by atoms with Crippen molar-refractivity contribution in [2.75, 3.05) is 13.3 Å².